The van der Waals surface area contributed by atoms with E-state index in [1.807, 2.05) is 19.1 Å². The van der Waals surface area contributed by atoms with Gasteiger partial charge in [-0.15, -0.1) is 0 Å². The highest BCUT2D eigenvalue weighted by atomic mass is 79.9. The highest BCUT2D eigenvalue weighted by Crippen LogP contribution is 2.34. The molecule has 0 saturated heterocycles. The van der Waals surface area contributed by atoms with Crippen LogP contribution in [0.3, 0.4) is 0 Å². The molecule has 0 bridgehead atoms. The van der Waals surface area contributed by atoms with E-state index in [1.54, 1.807) is 12.1 Å². The van der Waals surface area contributed by atoms with Crippen LogP contribution >= 0.6 is 31.9 Å². The average Bonchev–Trinajstić information content (AvgIpc) is 2.90. The zero-order chi connectivity index (χ0) is 15.2. The van der Waals surface area contributed by atoms with Crippen LogP contribution in [-0.2, 0) is 4.79 Å². The van der Waals surface area contributed by atoms with E-state index in [0.29, 0.717) is 11.5 Å². The minimum atomic E-state index is -0.364. The van der Waals surface area contributed by atoms with Crippen molar-refractivity contribution in [3.63, 3.8) is 0 Å². The third-order valence-electron chi connectivity index (χ3n) is 2.41. The molecule has 1 amide bonds. The fraction of sp³-hybridized carbons (Fsp3) is 0.143. The number of hydrogen-bond donors (Lipinski definition) is 1. The van der Waals surface area contributed by atoms with Crippen LogP contribution in [0.15, 0.2) is 49.0 Å². The van der Waals surface area contributed by atoms with E-state index in [2.05, 4.69) is 42.4 Å². The Bertz CT molecular complexity index is 631. The third kappa shape index (κ3) is 4.71. The molecule has 21 heavy (non-hydrogen) atoms. The molecule has 0 fully saturated rings. The van der Waals surface area contributed by atoms with Crippen LogP contribution in [0.5, 0.6) is 5.75 Å². The van der Waals surface area contributed by atoms with Crippen LogP contribution in [0, 0.1) is 6.92 Å². The molecule has 0 saturated carbocycles. The molecule has 0 unspecified atom stereocenters. The zero-order valence-electron chi connectivity index (χ0n) is 11.1. The number of rotatable bonds is 5. The van der Waals surface area contributed by atoms with E-state index in [9.17, 15) is 4.79 Å². The minimum Gasteiger partial charge on any atom is -0.481 e. The van der Waals surface area contributed by atoms with Crippen LogP contribution in [0.4, 0.5) is 0 Å². The van der Waals surface area contributed by atoms with E-state index in [-0.39, 0.29) is 12.5 Å². The number of hydrazone groups is 1. The SMILES string of the molecule is Cc1cc(Br)c(OCC(=O)N/N=C\c2ccco2)c(Br)c1. The predicted octanol–water partition coefficient (Wildman–Crippen LogP) is 3.64. The number of amides is 1. The largest absolute Gasteiger partial charge is 0.481 e. The van der Waals surface area contributed by atoms with E-state index >= 15 is 0 Å². The second-order valence-corrected chi connectivity index (χ2v) is 5.86. The maximum atomic E-state index is 11.6. The minimum absolute atomic E-state index is 0.143. The molecule has 5 nitrogen and oxygen atoms in total. The molecule has 0 atom stereocenters. The first kappa shape index (κ1) is 15.8. The lowest BCUT2D eigenvalue weighted by atomic mass is 10.2. The van der Waals surface area contributed by atoms with Gasteiger partial charge in [-0.1, -0.05) is 0 Å². The number of nitrogens with zero attached hydrogens (tertiary/aromatic N) is 1. The molecular formula is C14H12Br2N2O3. The fourth-order valence-electron chi connectivity index (χ4n) is 1.53. The van der Waals surface area contributed by atoms with Crippen LogP contribution < -0.4 is 10.2 Å². The second kappa shape index (κ2) is 7.42. The molecule has 1 heterocycles. The number of benzene rings is 1. The van der Waals surface area contributed by atoms with Gasteiger partial charge < -0.3 is 9.15 Å². The molecule has 7 heteroatoms. The van der Waals surface area contributed by atoms with Gasteiger partial charge in [0.15, 0.2) is 6.61 Å². The van der Waals surface area contributed by atoms with Crippen molar-refractivity contribution in [1.82, 2.24) is 5.43 Å². The maximum Gasteiger partial charge on any atom is 0.277 e. The summed E-state index contributed by atoms with van der Waals surface area (Å²) in [5, 5.41) is 3.76. The number of furan rings is 1. The molecule has 0 spiro atoms. The van der Waals surface area contributed by atoms with Gasteiger partial charge in [0.25, 0.3) is 5.91 Å². The summed E-state index contributed by atoms with van der Waals surface area (Å²) in [5.74, 6) is 0.767. The molecule has 0 aliphatic heterocycles. The number of carbonyl (C=O) groups is 1. The Morgan fingerprint density at radius 1 is 1.43 bits per heavy atom. The number of ether oxygens (including phenoxy) is 1. The summed E-state index contributed by atoms with van der Waals surface area (Å²) in [6, 6.07) is 7.28. The Labute approximate surface area is 138 Å². The van der Waals surface area contributed by atoms with Crippen molar-refractivity contribution in [3.05, 3.63) is 50.8 Å². The first-order valence-electron chi connectivity index (χ1n) is 6.00. The smallest absolute Gasteiger partial charge is 0.277 e. The Morgan fingerprint density at radius 2 is 2.14 bits per heavy atom. The Balaban J connectivity index is 1.87. The van der Waals surface area contributed by atoms with Crippen LogP contribution in [0.2, 0.25) is 0 Å². The van der Waals surface area contributed by atoms with Gasteiger partial charge in [0.05, 0.1) is 21.4 Å². The lowest BCUT2D eigenvalue weighted by Gasteiger charge is -2.10. The molecule has 0 aliphatic rings. The van der Waals surface area contributed by atoms with Crippen molar-refractivity contribution in [2.75, 3.05) is 6.61 Å². The highest BCUT2D eigenvalue weighted by Gasteiger charge is 2.09. The van der Waals surface area contributed by atoms with Gasteiger partial charge in [-0.25, -0.2) is 5.43 Å². The quantitative estimate of drug-likeness (QED) is 0.598. The predicted molar refractivity (Wildman–Crippen MR) is 86.5 cm³/mol. The number of aryl methyl sites for hydroxylation is 1. The van der Waals surface area contributed by atoms with E-state index < -0.39 is 0 Å². The standard InChI is InChI=1S/C14H12Br2N2O3/c1-9-5-11(15)14(12(16)6-9)21-8-13(19)18-17-7-10-3-2-4-20-10/h2-7H,8H2,1H3,(H,18,19)/b17-7-. The van der Waals surface area contributed by atoms with Crippen molar-refractivity contribution in [1.29, 1.82) is 0 Å². The first-order valence-corrected chi connectivity index (χ1v) is 7.58. The normalized spacial score (nSPS) is 10.8. The summed E-state index contributed by atoms with van der Waals surface area (Å²) in [7, 11) is 0. The van der Waals surface area contributed by atoms with Gasteiger partial charge in [0.2, 0.25) is 0 Å². The van der Waals surface area contributed by atoms with Gasteiger partial charge in [0.1, 0.15) is 11.5 Å². The van der Waals surface area contributed by atoms with Crippen LogP contribution in [-0.4, -0.2) is 18.7 Å². The molecule has 0 radical (unpaired) electrons. The second-order valence-electron chi connectivity index (χ2n) is 4.15. The zero-order valence-corrected chi connectivity index (χ0v) is 14.3. The number of nitrogens with one attached hydrogen (secondary N) is 1. The summed E-state index contributed by atoms with van der Waals surface area (Å²) in [6.07, 6.45) is 2.94. The van der Waals surface area contributed by atoms with Crippen molar-refractivity contribution in [3.8, 4) is 5.75 Å². The lowest BCUT2D eigenvalue weighted by molar-refractivity contribution is -0.123. The molecule has 1 N–H and O–H groups in total. The van der Waals surface area contributed by atoms with Crippen molar-refractivity contribution >= 4 is 44.0 Å². The van der Waals surface area contributed by atoms with Crippen LogP contribution in [0.25, 0.3) is 0 Å². The molecule has 2 rings (SSSR count). The highest BCUT2D eigenvalue weighted by molar-refractivity contribution is 9.11. The van der Waals surface area contributed by atoms with Crippen molar-refractivity contribution in [2.45, 2.75) is 6.92 Å². The Hall–Kier alpha value is -1.60. The molecule has 1 aromatic heterocycles. The monoisotopic (exact) mass is 414 g/mol. The van der Waals surface area contributed by atoms with Gasteiger partial charge >= 0.3 is 0 Å². The number of carbonyl (C=O) groups excluding carboxylic acids is 1. The summed E-state index contributed by atoms with van der Waals surface area (Å²) in [5.41, 5.74) is 3.43. The Kier molecular flexibility index (Phi) is 5.58. The van der Waals surface area contributed by atoms with Gasteiger partial charge in [0, 0.05) is 0 Å². The van der Waals surface area contributed by atoms with Gasteiger partial charge in [-0.3, -0.25) is 4.79 Å². The molecular weight excluding hydrogens is 404 g/mol. The van der Waals surface area contributed by atoms with Crippen molar-refractivity contribution < 1.29 is 13.9 Å². The lowest BCUT2D eigenvalue weighted by Crippen LogP contribution is -2.24. The van der Waals surface area contributed by atoms with Gasteiger partial charge in [-0.2, -0.15) is 5.10 Å². The van der Waals surface area contributed by atoms with E-state index in [1.165, 1.54) is 12.5 Å². The summed E-state index contributed by atoms with van der Waals surface area (Å²) in [6.45, 7) is 1.82. The molecule has 2 aromatic rings. The summed E-state index contributed by atoms with van der Waals surface area (Å²) in [4.78, 5) is 11.6. The third-order valence-corrected chi connectivity index (χ3v) is 3.59. The average molecular weight is 416 g/mol. The Morgan fingerprint density at radius 3 is 2.76 bits per heavy atom. The number of halogens is 2. The fourth-order valence-corrected chi connectivity index (χ4v) is 3.17. The molecule has 0 aliphatic carbocycles. The topological polar surface area (TPSA) is 63.8 Å². The van der Waals surface area contributed by atoms with Crippen molar-refractivity contribution in [2.24, 2.45) is 5.10 Å². The van der Waals surface area contributed by atoms with Crippen LogP contribution in [0.1, 0.15) is 11.3 Å². The first-order chi connectivity index (χ1) is 10.1. The molecule has 1 aromatic carbocycles. The number of hydrogen-bond acceptors (Lipinski definition) is 4. The summed E-state index contributed by atoms with van der Waals surface area (Å²) < 4.78 is 12.1. The molecule has 110 valence electrons. The summed E-state index contributed by atoms with van der Waals surface area (Å²) >= 11 is 6.80. The maximum absolute atomic E-state index is 11.6. The van der Waals surface area contributed by atoms with E-state index in [0.717, 1.165) is 14.5 Å². The van der Waals surface area contributed by atoms with Gasteiger partial charge in [-0.05, 0) is 68.6 Å². The van der Waals surface area contributed by atoms with E-state index in [4.69, 9.17) is 9.15 Å².